The fraction of sp³-hybridized carbons (Fsp3) is 0.615. The third kappa shape index (κ3) is 8.22. The molecule has 28 heavy (non-hydrogen) atoms. The quantitative estimate of drug-likeness (QED) is 0.175. The van der Waals surface area contributed by atoms with Gasteiger partial charge in [-0.25, -0.2) is 0 Å². The van der Waals surface area contributed by atoms with Gasteiger partial charge in [-0.2, -0.15) is 0 Å². The Bertz CT molecular complexity index is 650. The maximum Gasteiger partial charge on any atom is 0.0563 e. The van der Waals surface area contributed by atoms with Gasteiger partial charge in [-0.05, 0) is 29.9 Å². The summed E-state index contributed by atoms with van der Waals surface area (Å²) in [5, 5.41) is 2.57. The summed E-state index contributed by atoms with van der Waals surface area (Å²) in [6, 6.07) is 12.9. The Morgan fingerprint density at radius 3 is 1.64 bits per heavy atom. The molecular weight excluding hydrogens is 340 g/mol. The highest BCUT2D eigenvalue weighted by atomic mass is 15.2. The van der Waals surface area contributed by atoms with E-state index < -0.39 is 0 Å². The summed E-state index contributed by atoms with van der Waals surface area (Å²) in [6.07, 6.45) is 21.0. The summed E-state index contributed by atoms with van der Waals surface area (Å²) in [7, 11) is 0. The number of nitrogen functional groups attached to an aromatic ring is 1. The first kappa shape index (κ1) is 22.7. The third-order valence-corrected chi connectivity index (χ3v) is 5.97. The van der Waals surface area contributed by atoms with Crippen LogP contribution in [0.25, 0.3) is 10.8 Å². The molecule has 0 fully saturated rings. The molecule has 0 unspecified atom stereocenters. The minimum Gasteiger partial charge on any atom is -0.324 e. The summed E-state index contributed by atoms with van der Waals surface area (Å²) in [6.45, 7) is 2.29. The molecule has 2 heteroatoms. The second-order valence-corrected chi connectivity index (χ2v) is 8.31. The van der Waals surface area contributed by atoms with E-state index in [1.54, 1.807) is 0 Å². The lowest BCUT2D eigenvalue weighted by atomic mass is 9.98. The maximum atomic E-state index is 5.65. The molecule has 0 radical (unpaired) electrons. The molecule has 0 bridgehead atoms. The number of hydrogen-bond acceptors (Lipinski definition) is 2. The van der Waals surface area contributed by atoms with Crippen molar-refractivity contribution in [2.24, 2.45) is 5.84 Å². The van der Waals surface area contributed by atoms with E-state index in [0.29, 0.717) is 0 Å². The van der Waals surface area contributed by atoms with Gasteiger partial charge in [0, 0.05) is 5.39 Å². The minimum absolute atomic E-state index is 1.01. The summed E-state index contributed by atoms with van der Waals surface area (Å²) < 4.78 is 0. The van der Waals surface area contributed by atoms with Crippen molar-refractivity contribution < 1.29 is 0 Å². The molecule has 2 rings (SSSR count). The molecule has 0 amide bonds. The number of hydrogen-bond donors (Lipinski definition) is 2. The van der Waals surface area contributed by atoms with Crippen LogP contribution in [0.15, 0.2) is 36.4 Å². The van der Waals surface area contributed by atoms with Crippen LogP contribution < -0.4 is 11.3 Å². The van der Waals surface area contributed by atoms with Crippen LogP contribution in [-0.2, 0) is 6.42 Å². The smallest absolute Gasteiger partial charge is 0.0563 e. The number of hydrazine groups is 1. The van der Waals surface area contributed by atoms with Crippen LogP contribution in [0.5, 0.6) is 0 Å². The lowest BCUT2D eigenvalue weighted by molar-refractivity contribution is 0.535. The number of anilines is 1. The predicted molar refractivity (Wildman–Crippen MR) is 126 cm³/mol. The molecule has 0 aliphatic rings. The largest absolute Gasteiger partial charge is 0.324 e. The lowest BCUT2D eigenvalue weighted by Gasteiger charge is -2.11. The van der Waals surface area contributed by atoms with E-state index in [4.69, 9.17) is 5.84 Å². The summed E-state index contributed by atoms with van der Waals surface area (Å²) >= 11 is 0. The van der Waals surface area contributed by atoms with Gasteiger partial charge in [0.2, 0.25) is 0 Å². The first-order valence-electron chi connectivity index (χ1n) is 11.8. The van der Waals surface area contributed by atoms with Gasteiger partial charge in [-0.15, -0.1) is 0 Å². The summed E-state index contributed by atoms with van der Waals surface area (Å²) in [4.78, 5) is 0. The molecule has 0 saturated heterocycles. The minimum atomic E-state index is 1.01. The van der Waals surface area contributed by atoms with Crippen LogP contribution in [0, 0.1) is 0 Å². The van der Waals surface area contributed by atoms with Crippen LogP contribution in [0.2, 0.25) is 0 Å². The Morgan fingerprint density at radius 1 is 0.607 bits per heavy atom. The number of nitrogens with one attached hydrogen (secondary N) is 1. The van der Waals surface area contributed by atoms with E-state index in [0.717, 1.165) is 5.69 Å². The van der Waals surface area contributed by atoms with Crippen molar-refractivity contribution in [2.45, 2.75) is 103 Å². The first-order chi connectivity index (χ1) is 13.9. The van der Waals surface area contributed by atoms with Crippen LogP contribution in [-0.4, -0.2) is 0 Å². The Labute approximate surface area is 173 Å². The van der Waals surface area contributed by atoms with E-state index >= 15 is 0 Å². The molecule has 0 spiro atoms. The van der Waals surface area contributed by atoms with Crippen molar-refractivity contribution in [3.63, 3.8) is 0 Å². The number of fused-ring (bicyclic) bond motifs is 1. The van der Waals surface area contributed by atoms with E-state index in [1.807, 2.05) is 0 Å². The first-order valence-corrected chi connectivity index (χ1v) is 11.8. The monoisotopic (exact) mass is 382 g/mol. The molecule has 0 aliphatic heterocycles. The van der Waals surface area contributed by atoms with Crippen LogP contribution in [0.1, 0.15) is 102 Å². The molecule has 2 nitrogen and oxygen atoms in total. The van der Waals surface area contributed by atoms with Gasteiger partial charge in [0.1, 0.15) is 0 Å². The Balaban J connectivity index is 1.51. The Kier molecular flexibility index (Phi) is 11.7. The van der Waals surface area contributed by atoms with Gasteiger partial charge in [0.15, 0.2) is 0 Å². The standard InChI is InChI=1S/C26H42N2/c1-2-3-4-5-6-7-8-9-10-11-12-13-14-15-18-23-21-22-26(28-27)25-20-17-16-19-24(23)25/h16-17,19-22,28H,2-15,18,27H2,1H3. The SMILES string of the molecule is CCCCCCCCCCCCCCCCc1ccc(NN)c2ccccc12. The maximum absolute atomic E-state index is 5.65. The molecule has 0 aromatic heterocycles. The molecule has 3 N–H and O–H groups in total. The van der Waals surface area contributed by atoms with Crippen molar-refractivity contribution in [1.29, 1.82) is 0 Å². The molecule has 0 heterocycles. The molecule has 2 aromatic carbocycles. The second-order valence-electron chi connectivity index (χ2n) is 8.31. The number of nitrogens with two attached hydrogens (primary N) is 1. The number of rotatable bonds is 16. The zero-order chi connectivity index (χ0) is 19.9. The summed E-state index contributed by atoms with van der Waals surface area (Å²) in [5.74, 6) is 5.65. The second kappa shape index (κ2) is 14.5. The van der Waals surface area contributed by atoms with Crippen LogP contribution >= 0.6 is 0 Å². The fourth-order valence-corrected chi connectivity index (χ4v) is 4.22. The molecular formula is C26H42N2. The van der Waals surface area contributed by atoms with E-state index in [1.165, 1.54) is 113 Å². The predicted octanol–water partition coefficient (Wildman–Crippen LogP) is 8.15. The topological polar surface area (TPSA) is 38.0 Å². The van der Waals surface area contributed by atoms with Crippen molar-refractivity contribution in [3.8, 4) is 0 Å². The van der Waals surface area contributed by atoms with E-state index in [2.05, 4.69) is 48.7 Å². The highest BCUT2D eigenvalue weighted by molar-refractivity contribution is 5.95. The van der Waals surface area contributed by atoms with Crippen molar-refractivity contribution >= 4 is 16.5 Å². The van der Waals surface area contributed by atoms with Gasteiger partial charge in [0.05, 0.1) is 5.69 Å². The number of aryl methyl sites for hydroxylation is 1. The van der Waals surface area contributed by atoms with Crippen LogP contribution in [0.4, 0.5) is 5.69 Å². The van der Waals surface area contributed by atoms with Gasteiger partial charge < -0.3 is 5.43 Å². The van der Waals surface area contributed by atoms with Gasteiger partial charge in [-0.1, -0.05) is 121 Å². The normalized spacial score (nSPS) is 11.2. The Hall–Kier alpha value is -1.54. The van der Waals surface area contributed by atoms with E-state index in [-0.39, 0.29) is 0 Å². The molecule has 156 valence electrons. The van der Waals surface area contributed by atoms with Crippen LogP contribution in [0.3, 0.4) is 0 Å². The van der Waals surface area contributed by atoms with Crippen molar-refractivity contribution in [1.82, 2.24) is 0 Å². The molecule has 0 aliphatic carbocycles. The molecule has 0 atom stereocenters. The number of unbranched alkanes of at least 4 members (excludes halogenated alkanes) is 13. The fourth-order valence-electron chi connectivity index (χ4n) is 4.22. The van der Waals surface area contributed by atoms with E-state index in [9.17, 15) is 0 Å². The van der Waals surface area contributed by atoms with Gasteiger partial charge >= 0.3 is 0 Å². The summed E-state index contributed by atoms with van der Waals surface area (Å²) in [5.41, 5.74) is 5.28. The van der Waals surface area contributed by atoms with Gasteiger partial charge in [-0.3, -0.25) is 5.84 Å². The zero-order valence-corrected chi connectivity index (χ0v) is 18.1. The highest BCUT2D eigenvalue weighted by Crippen LogP contribution is 2.27. The van der Waals surface area contributed by atoms with Gasteiger partial charge in [0.25, 0.3) is 0 Å². The third-order valence-electron chi connectivity index (χ3n) is 5.97. The van der Waals surface area contributed by atoms with Crippen molar-refractivity contribution in [2.75, 3.05) is 5.43 Å². The Morgan fingerprint density at radius 2 is 1.11 bits per heavy atom. The highest BCUT2D eigenvalue weighted by Gasteiger charge is 2.04. The molecule has 2 aromatic rings. The average Bonchev–Trinajstić information content (AvgIpc) is 2.74. The molecule has 0 saturated carbocycles. The lowest BCUT2D eigenvalue weighted by Crippen LogP contribution is -2.07. The zero-order valence-electron chi connectivity index (χ0n) is 18.1. The number of benzene rings is 2. The van der Waals surface area contributed by atoms with Crippen molar-refractivity contribution in [3.05, 3.63) is 42.0 Å². The average molecular weight is 383 g/mol.